The molecule has 9 rings (SSSR count). The minimum atomic E-state index is -1.73. The fourth-order valence-corrected chi connectivity index (χ4v) is 15.7. The Balaban J connectivity index is 1.00. The molecule has 6 fully saturated rings. The fraction of sp³-hybridized carbons (Fsp3) is 0.787. The van der Waals surface area contributed by atoms with E-state index in [9.17, 15) is 40.1 Å². The Morgan fingerprint density at radius 3 is 1.96 bits per heavy atom. The van der Waals surface area contributed by atoms with Gasteiger partial charge < -0.3 is 77.8 Å². The first-order chi connectivity index (χ1) is 39.1. The van der Waals surface area contributed by atoms with Crippen LogP contribution in [0.4, 0.5) is 4.79 Å². The summed E-state index contributed by atoms with van der Waals surface area (Å²) in [7, 11) is 2.69. The summed E-state index contributed by atoms with van der Waals surface area (Å²) in [4.78, 5) is 55.1. The van der Waals surface area contributed by atoms with Crippen LogP contribution in [0, 0.1) is 57.0 Å². The highest BCUT2D eigenvalue weighted by Crippen LogP contribution is 2.61. The average molecular weight is 1170 g/mol. The van der Waals surface area contributed by atoms with E-state index in [1.54, 1.807) is 27.7 Å². The quantitative estimate of drug-likeness (QED) is 0.0479. The number of hydrogen-bond acceptors (Lipinski definition) is 20. The van der Waals surface area contributed by atoms with Crippen LogP contribution in [0.25, 0.3) is 0 Å². The maximum atomic E-state index is 15.5. The van der Waals surface area contributed by atoms with Crippen molar-refractivity contribution in [2.75, 3.05) is 14.2 Å². The average Bonchev–Trinajstić information content (AvgIpc) is 1.91. The molecule has 1 saturated carbocycles. The van der Waals surface area contributed by atoms with Gasteiger partial charge in [0.15, 0.2) is 30.8 Å². The lowest BCUT2D eigenvalue weighted by molar-refractivity contribution is -0.584. The summed E-state index contributed by atoms with van der Waals surface area (Å²) < 4.78 is 68.1. The van der Waals surface area contributed by atoms with E-state index in [0.29, 0.717) is 12.0 Å². The van der Waals surface area contributed by atoms with Gasteiger partial charge in [-0.15, -0.1) is 0 Å². The van der Waals surface area contributed by atoms with E-state index in [-0.39, 0.29) is 67.6 Å². The van der Waals surface area contributed by atoms with Crippen LogP contribution in [-0.2, 0) is 61.7 Å². The highest BCUT2D eigenvalue weighted by Gasteiger charge is 2.64. The number of alkyl carbamates (subject to hydrolysis) is 1. The molecular weight excluding hydrogens is 1080 g/mol. The highest BCUT2D eigenvalue weighted by atomic mass is 16.7. The number of amides is 1. The molecule has 0 unspecified atom stereocenters. The largest absolute Gasteiger partial charge is 0.511 e. The van der Waals surface area contributed by atoms with Crippen LogP contribution in [0.15, 0.2) is 58.4 Å². The van der Waals surface area contributed by atoms with Crippen molar-refractivity contribution in [2.24, 2.45) is 46.8 Å². The number of nitrogens with zero attached hydrogens (tertiary/aromatic N) is 1. The van der Waals surface area contributed by atoms with Crippen molar-refractivity contribution in [2.45, 2.75) is 244 Å². The molecule has 1 spiro atoms. The van der Waals surface area contributed by atoms with Gasteiger partial charge in [-0.05, 0) is 90.6 Å². The predicted molar refractivity (Wildman–Crippen MR) is 296 cm³/mol. The number of methoxy groups -OCH3 is 2. The Morgan fingerprint density at radius 2 is 1.33 bits per heavy atom. The maximum Gasteiger partial charge on any atom is 0.407 e. The van der Waals surface area contributed by atoms with E-state index < -0.39 is 167 Å². The lowest BCUT2D eigenvalue weighted by Gasteiger charge is -2.56. The molecule has 0 aromatic carbocycles. The number of carbonyl (C=O) groups excluding carboxylic acids is 3. The molecule has 1 amide bonds. The van der Waals surface area contributed by atoms with Crippen molar-refractivity contribution >= 4 is 17.8 Å². The summed E-state index contributed by atoms with van der Waals surface area (Å²) in [5.41, 5.74) is -2.67. The van der Waals surface area contributed by atoms with E-state index in [4.69, 9.17) is 52.1 Å². The number of carbonyl (C=O) groups is 3. The van der Waals surface area contributed by atoms with Crippen molar-refractivity contribution in [3.8, 4) is 0 Å². The summed E-state index contributed by atoms with van der Waals surface area (Å²) in [6.45, 7) is 22.2. The van der Waals surface area contributed by atoms with Crippen LogP contribution in [-0.4, -0.2) is 173 Å². The van der Waals surface area contributed by atoms with Gasteiger partial charge in [0.1, 0.15) is 35.7 Å². The van der Waals surface area contributed by atoms with Crippen molar-refractivity contribution < 1.29 is 91.8 Å². The second-order valence-electron chi connectivity index (χ2n) is 26.0. The van der Waals surface area contributed by atoms with Crippen LogP contribution in [0.5, 0.6) is 0 Å². The molecule has 22 heteroatoms. The van der Waals surface area contributed by atoms with E-state index in [1.165, 1.54) is 21.1 Å². The number of allylic oxidation sites excluding steroid dienone is 4. The number of fused-ring (bicyclic) bond motifs is 4. The lowest BCUT2D eigenvalue weighted by atomic mass is 9.49. The van der Waals surface area contributed by atoms with Gasteiger partial charge in [-0.2, -0.15) is 0 Å². The Bertz CT molecular complexity index is 2580. The van der Waals surface area contributed by atoms with Gasteiger partial charge >= 0.3 is 12.1 Å². The zero-order valence-corrected chi connectivity index (χ0v) is 50.5. The first kappa shape index (κ1) is 63.3. The maximum absolute atomic E-state index is 15.5. The number of aliphatic hydroxyl groups excluding tert-OH is 4. The van der Waals surface area contributed by atoms with Crippen LogP contribution >= 0.6 is 0 Å². The summed E-state index contributed by atoms with van der Waals surface area (Å²) in [5, 5.41) is 62.3. The predicted octanol–water partition coefficient (Wildman–Crippen LogP) is 6.60. The number of ketones is 1. The van der Waals surface area contributed by atoms with E-state index in [0.717, 1.165) is 11.1 Å². The van der Waals surface area contributed by atoms with Crippen LogP contribution in [0.3, 0.4) is 0 Å². The van der Waals surface area contributed by atoms with Gasteiger partial charge in [0.25, 0.3) is 0 Å². The summed E-state index contributed by atoms with van der Waals surface area (Å²) in [5.74, 6) is -4.38. The number of hydrogen-bond donors (Lipinski definition) is 5. The molecule has 4 aliphatic carbocycles. The molecule has 5 aliphatic heterocycles. The molecule has 5 N–H and O–H groups in total. The van der Waals surface area contributed by atoms with Crippen molar-refractivity contribution in [3.05, 3.63) is 68.5 Å². The third-order valence-electron chi connectivity index (χ3n) is 20.3. The first-order valence-corrected chi connectivity index (χ1v) is 29.8. The SMILES string of the molecule is COC(=O)N[C@H]1[C@@H](C)O[C@@H](O[C@H]2CC=C(C)[C@@H]3C=C[C@@H]4[C@@H](O[C@H]5C[C@@H](O[C@H]6C[C@@H](O)[C@@H](O[C@@H]7C[C@@H](O)[C@@H](OC)[C@H](C)O7)[C@H](C)O6)[C@@H](O)[C@H](C)O5)[C@@H](C)C[C@H](C)[C@H]4[C@]3(C)C(O)=C3C(=O)O[C@]4(C[C@@H](C)C(C)=C[C@H]4C=C2C)C3=O)C[C@]1(C)[N+](=O)[O-]. The van der Waals surface area contributed by atoms with Gasteiger partial charge in [-0.25, -0.2) is 9.59 Å². The second kappa shape index (κ2) is 24.5. The minimum absolute atomic E-state index is 0.0237. The molecule has 5 saturated heterocycles. The highest BCUT2D eigenvalue weighted by molar-refractivity contribution is 6.26. The fourth-order valence-electron chi connectivity index (χ4n) is 15.7. The minimum Gasteiger partial charge on any atom is -0.511 e. The molecule has 83 heavy (non-hydrogen) atoms. The monoisotopic (exact) mass is 1170 g/mol. The van der Waals surface area contributed by atoms with Gasteiger partial charge in [-0.3, -0.25) is 14.9 Å². The summed E-state index contributed by atoms with van der Waals surface area (Å²) in [6, 6.07) is -1.06. The van der Waals surface area contributed by atoms with E-state index >= 15 is 4.79 Å². The van der Waals surface area contributed by atoms with Crippen LogP contribution in [0.2, 0.25) is 0 Å². The van der Waals surface area contributed by atoms with E-state index in [1.807, 2.05) is 58.9 Å². The Labute approximate surface area is 486 Å². The zero-order valence-electron chi connectivity index (χ0n) is 50.5. The second-order valence-corrected chi connectivity index (χ2v) is 26.0. The number of Topliss-reactive ketones (excluding diaryl/α,β-unsaturated/α-hetero) is 1. The number of nitrogens with one attached hydrogen (secondary N) is 1. The molecule has 22 nitrogen and oxygen atoms in total. The number of esters is 1. The van der Waals surface area contributed by atoms with Crippen molar-refractivity contribution in [3.63, 3.8) is 0 Å². The van der Waals surface area contributed by atoms with E-state index in [2.05, 4.69) is 25.2 Å². The van der Waals surface area contributed by atoms with Crippen LogP contribution < -0.4 is 5.32 Å². The van der Waals surface area contributed by atoms with Gasteiger partial charge in [-0.1, -0.05) is 69.2 Å². The molecule has 0 aromatic rings. The molecule has 5 heterocycles. The van der Waals surface area contributed by atoms with Gasteiger partial charge in [0, 0.05) is 67.8 Å². The molecule has 0 radical (unpaired) electrons. The van der Waals surface area contributed by atoms with Crippen LogP contribution in [0.1, 0.15) is 128 Å². The molecule has 464 valence electrons. The Hall–Kier alpha value is -4.17. The first-order valence-electron chi connectivity index (χ1n) is 29.8. The molecule has 2 bridgehead atoms. The zero-order chi connectivity index (χ0) is 60.5. The standard InChI is InChI=1S/C61H90N2O20/c1-27-15-18-42(79-47-26-59(11,63(71)72)54(36(10)78-47)62-58(70)74-14)29(3)21-37-20-28(2)32(6)25-61(37)56(68)48(57(69)83-61)55(67)60(12)39(27)17-16-38-49(60)30(4)19-31(5)51(38)81-46-24-43(50(66)33(7)75-46)80-44-23-41(65)53(35(9)77-44)82-45-22-40(64)52(73-13)34(8)76-45/h15-17,20-21,30-47,49-54,64-67H,18-19,22-26H2,1-14H3,(H,62,70)/t30-,31-,32+,33-,34-,35-,36+,37-,38-,39-,40+,41+,42-,43+,44-,45+,46-,47-,49+,50-,51-,52-,53-,54-,59-,60+,61-/m0/s1. The topological polar surface area (TPSA) is 289 Å². The molecular formula is C61H90N2O20. The number of nitro groups is 1. The smallest absolute Gasteiger partial charge is 0.407 e. The number of aliphatic hydroxyl groups is 4. The van der Waals surface area contributed by atoms with Crippen molar-refractivity contribution in [1.29, 1.82) is 0 Å². The van der Waals surface area contributed by atoms with Crippen molar-refractivity contribution in [1.82, 2.24) is 5.32 Å². The normalized spacial score (nSPS) is 47.7. The molecule has 0 aromatic heterocycles. The lowest BCUT2D eigenvalue weighted by Crippen LogP contribution is -2.65. The number of rotatable bonds is 11. The summed E-state index contributed by atoms with van der Waals surface area (Å²) >= 11 is 0. The Kier molecular flexibility index (Phi) is 18.7. The Morgan fingerprint density at radius 1 is 0.723 bits per heavy atom. The van der Waals surface area contributed by atoms with Gasteiger partial charge in [0.05, 0.1) is 68.5 Å². The third kappa shape index (κ3) is 11.8. The van der Waals surface area contributed by atoms with Gasteiger partial charge in [0.2, 0.25) is 11.3 Å². The molecule has 9 aliphatic rings. The molecule has 27 atom stereocenters. The number of ether oxygens (including phenoxy) is 11. The third-order valence-corrected chi connectivity index (χ3v) is 20.3. The summed E-state index contributed by atoms with van der Waals surface area (Å²) in [6.07, 6.45) is -2.63.